The van der Waals surface area contributed by atoms with Crippen molar-refractivity contribution in [1.82, 2.24) is 10.3 Å². The Labute approximate surface area is 129 Å². The number of carboxylic acid groups (broad SMARTS) is 1. The smallest absolute Gasteiger partial charge is 0.311 e. The van der Waals surface area contributed by atoms with E-state index in [0.717, 1.165) is 16.6 Å². The van der Waals surface area contributed by atoms with Crippen molar-refractivity contribution in [3.63, 3.8) is 0 Å². The molecular weight excluding hydrogens is 280 g/mol. The zero-order valence-corrected chi connectivity index (χ0v) is 13.2. The molecule has 118 valence electrons. The molecule has 0 aliphatic carbocycles. The van der Waals surface area contributed by atoms with Crippen LogP contribution in [0.2, 0.25) is 0 Å². The van der Waals surface area contributed by atoms with Gasteiger partial charge in [0.2, 0.25) is 0 Å². The molecule has 3 N–H and O–H groups in total. The summed E-state index contributed by atoms with van der Waals surface area (Å²) in [6.07, 6.45) is 0.956. The molecule has 0 radical (unpaired) electrons. The Morgan fingerprint density at radius 1 is 1.23 bits per heavy atom. The number of fused-ring (bicyclic) bond motifs is 1. The number of carbonyl (C=O) groups excluding carboxylic acids is 1. The molecule has 0 spiro atoms. The molecule has 0 aliphatic rings. The fourth-order valence-electron chi connectivity index (χ4n) is 2.79. The third-order valence-electron chi connectivity index (χ3n) is 4.52. The molecule has 0 fully saturated rings. The number of hydrogen-bond donors (Lipinski definition) is 3. The first kappa shape index (κ1) is 16.1. The van der Waals surface area contributed by atoms with Gasteiger partial charge in [0.1, 0.15) is 0 Å². The highest BCUT2D eigenvalue weighted by molar-refractivity contribution is 6.08. The van der Waals surface area contributed by atoms with Gasteiger partial charge in [0, 0.05) is 23.1 Å². The van der Waals surface area contributed by atoms with Crippen molar-refractivity contribution < 1.29 is 14.7 Å². The van der Waals surface area contributed by atoms with Crippen molar-refractivity contribution in [3.8, 4) is 0 Å². The number of hydrogen-bond acceptors (Lipinski definition) is 2. The van der Waals surface area contributed by atoms with Crippen LogP contribution in [0.1, 0.15) is 42.7 Å². The lowest BCUT2D eigenvalue weighted by Crippen LogP contribution is -2.42. The molecule has 1 heterocycles. The number of aryl methyl sites for hydroxylation is 1. The largest absolute Gasteiger partial charge is 0.481 e. The van der Waals surface area contributed by atoms with Gasteiger partial charge in [-0.3, -0.25) is 9.59 Å². The summed E-state index contributed by atoms with van der Waals surface area (Å²) in [7, 11) is 0. The Kier molecular flexibility index (Phi) is 4.54. The van der Waals surface area contributed by atoms with Crippen LogP contribution in [0.25, 0.3) is 10.9 Å². The molecule has 1 amide bonds. The predicted molar refractivity (Wildman–Crippen MR) is 86.0 cm³/mol. The van der Waals surface area contributed by atoms with Gasteiger partial charge < -0.3 is 15.4 Å². The van der Waals surface area contributed by atoms with E-state index in [1.807, 2.05) is 45.0 Å². The number of rotatable bonds is 6. The fourth-order valence-corrected chi connectivity index (χ4v) is 2.79. The van der Waals surface area contributed by atoms with Crippen LogP contribution in [0, 0.1) is 12.3 Å². The number of aromatic nitrogens is 1. The van der Waals surface area contributed by atoms with Crippen LogP contribution in [0.3, 0.4) is 0 Å². The third-order valence-corrected chi connectivity index (χ3v) is 4.52. The third kappa shape index (κ3) is 2.71. The van der Waals surface area contributed by atoms with Gasteiger partial charge >= 0.3 is 5.97 Å². The topological polar surface area (TPSA) is 82.2 Å². The van der Waals surface area contributed by atoms with Gasteiger partial charge in [-0.1, -0.05) is 32.0 Å². The molecule has 5 nitrogen and oxygen atoms in total. The van der Waals surface area contributed by atoms with Gasteiger partial charge in [-0.25, -0.2) is 0 Å². The first-order valence-corrected chi connectivity index (χ1v) is 7.54. The average molecular weight is 302 g/mol. The quantitative estimate of drug-likeness (QED) is 0.767. The van der Waals surface area contributed by atoms with Crippen molar-refractivity contribution in [2.45, 2.75) is 33.6 Å². The second-order valence-corrected chi connectivity index (χ2v) is 5.65. The lowest BCUT2D eigenvalue weighted by molar-refractivity contribution is -0.149. The Hall–Kier alpha value is -2.30. The van der Waals surface area contributed by atoms with E-state index in [4.69, 9.17) is 0 Å². The molecule has 2 rings (SSSR count). The van der Waals surface area contributed by atoms with E-state index in [1.54, 1.807) is 0 Å². The maximum atomic E-state index is 12.5. The number of para-hydroxylation sites is 1. The number of benzene rings is 1. The molecule has 0 saturated carbocycles. The van der Waals surface area contributed by atoms with Crippen molar-refractivity contribution in [2.24, 2.45) is 5.41 Å². The molecule has 0 atom stereocenters. The number of amides is 1. The van der Waals surface area contributed by atoms with Crippen LogP contribution in [0.4, 0.5) is 0 Å². The van der Waals surface area contributed by atoms with Gasteiger partial charge in [-0.05, 0) is 25.8 Å². The normalized spacial score (nSPS) is 11.6. The second-order valence-electron chi connectivity index (χ2n) is 5.65. The first-order chi connectivity index (χ1) is 10.4. The predicted octanol–water partition coefficient (Wildman–Crippen LogP) is 3.10. The standard InChI is InChI=1S/C17H22N2O3/c1-4-17(5-2,16(21)22)10-18-15(20)14-11(3)19-13-9-7-6-8-12(13)14/h6-9,19H,4-5,10H2,1-3H3,(H,18,20)(H,21,22). The van der Waals surface area contributed by atoms with Gasteiger partial charge in [0.15, 0.2) is 0 Å². The summed E-state index contributed by atoms with van der Waals surface area (Å²) in [6.45, 7) is 5.65. The monoisotopic (exact) mass is 302 g/mol. The van der Waals surface area contributed by atoms with Gasteiger partial charge in [-0.15, -0.1) is 0 Å². The number of carbonyl (C=O) groups is 2. The lowest BCUT2D eigenvalue weighted by atomic mass is 9.82. The molecule has 1 aromatic carbocycles. The molecule has 0 unspecified atom stereocenters. The van der Waals surface area contributed by atoms with E-state index in [2.05, 4.69) is 10.3 Å². The molecular formula is C17H22N2O3. The van der Waals surface area contributed by atoms with E-state index in [0.29, 0.717) is 18.4 Å². The van der Waals surface area contributed by atoms with E-state index in [-0.39, 0.29) is 12.5 Å². The van der Waals surface area contributed by atoms with Crippen LogP contribution in [-0.2, 0) is 4.79 Å². The number of aliphatic carboxylic acids is 1. The summed E-state index contributed by atoms with van der Waals surface area (Å²) in [6, 6.07) is 7.59. The van der Waals surface area contributed by atoms with Crippen molar-refractivity contribution in [3.05, 3.63) is 35.5 Å². The SMILES string of the molecule is CCC(CC)(CNC(=O)c1c(C)[nH]c2ccccc12)C(=O)O. The summed E-state index contributed by atoms with van der Waals surface area (Å²) in [5, 5.41) is 13.1. The molecule has 0 saturated heterocycles. The molecule has 5 heteroatoms. The summed E-state index contributed by atoms with van der Waals surface area (Å²) >= 11 is 0. The highest BCUT2D eigenvalue weighted by Gasteiger charge is 2.35. The van der Waals surface area contributed by atoms with Crippen LogP contribution in [0.5, 0.6) is 0 Å². The molecule has 1 aromatic heterocycles. The van der Waals surface area contributed by atoms with Crippen molar-refractivity contribution in [2.75, 3.05) is 6.54 Å². The highest BCUT2D eigenvalue weighted by atomic mass is 16.4. The van der Waals surface area contributed by atoms with E-state index < -0.39 is 11.4 Å². The van der Waals surface area contributed by atoms with Crippen LogP contribution in [0.15, 0.2) is 24.3 Å². The second kappa shape index (κ2) is 6.22. The molecule has 0 aliphatic heterocycles. The Morgan fingerprint density at radius 2 is 1.86 bits per heavy atom. The molecule has 0 bridgehead atoms. The fraction of sp³-hybridized carbons (Fsp3) is 0.412. The highest BCUT2D eigenvalue weighted by Crippen LogP contribution is 2.27. The van der Waals surface area contributed by atoms with E-state index in [1.165, 1.54) is 0 Å². The van der Waals surface area contributed by atoms with Crippen LogP contribution in [-0.4, -0.2) is 28.5 Å². The maximum absolute atomic E-state index is 12.5. The summed E-state index contributed by atoms with van der Waals surface area (Å²) in [5.41, 5.74) is 1.37. The Bertz CT molecular complexity index is 699. The van der Waals surface area contributed by atoms with Crippen LogP contribution >= 0.6 is 0 Å². The summed E-state index contributed by atoms with van der Waals surface area (Å²) in [5.74, 6) is -1.10. The zero-order chi connectivity index (χ0) is 16.3. The minimum Gasteiger partial charge on any atom is -0.481 e. The van der Waals surface area contributed by atoms with Crippen molar-refractivity contribution >= 4 is 22.8 Å². The average Bonchev–Trinajstić information content (AvgIpc) is 2.84. The minimum absolute atomic E-state index is 0.132. The van der Waals surface area contributed by atoms with Crippen molar-refractivity contribution in [1.29, 1.82) is 0 Å². The van der Waals surface area contributed by atoms with Gasteiger partial charge in [-0.2, -0.15) is 0 Å². The first-order valence-electron chi connectivity index (χ1n) is 7.54. The maximum Gasteiger partial charge on any atom is 0.311 e. The van der Waals surface area contributed by atoms with E-state index in [9.17, 15) is 14.7 Å². The Balaban J connectivity index is 2.25. The lowest BCUT2D eigenvalue weighted by Gasteiger charge is -2.26. The van der Waals surface area contributed by atoms with E-state index >= 15 is 0 Å². The summed E-state index contributed by atoms with van der Waals surface area (Å²) in [4.78, 5) is 27.2. The zero-order valence-electron chi connectivity index (χ0n) is 13.2. The number of aromatic amines is 1. The van der Waals surface area contributed by atoms with Gasteiger partial charge in [0.05, 0.1) is 11.0 Å². The minimum atomic E-state index is -0.907. The van der Waals surface area contributed by atoms with Gasteiger partial charge in [0.25, 0.3) is 5.91 Å². The number of H-pyrrole nitrogens is 1. The number of nitrogens with one attached hydrogen (secondary N) is 2. The molecule has 2 aromatic rings. The Morgan fingerprint density at radius 3 is 2.45 bits per heavy atom. The molecule has 22 heavy (non-hydrogen) atoms. The van der Waals surface area contributed by atoms with Crippen LogP contribution < -0.4 is 5.32 Å². The number of carboxylic acids is 1. The summed E-state index contributed by atoms with van der Waals surface area (Å²) < 4.78 is 0.